The third-order valence-corrected chi connectivity index (χ3v) is 5.34. The number of morpholine rings is 2. The number of benzene rings is 2. The van der Waals surface area contributed by atoms with Gasteiger partial charge in [0.2, 0.25) is 0 Å². The van der Waals surface area contributed by atoms with E-state index in [9.17, 15) is 10.2 Å². The minimum Gasteiger partial charge on any atom is -0.507 e. The van der Waals surface area contributed by atoms with Crippen LogP contribution >= 0.6 is 0 Å². The number of nitrogens with zero attached hydrogens (tertiary/aromatic N) is 2. The first-order chi connectivity index (χ1) is 12.7. The summed E-state index contributed by atoms with van der Waals surface area (Å²) in [6, 6.07) is 7.78. The topological polar surface area (TPSA) is 65.4 Å². The Bertz CT molecular complexity index is 768. The van der Waals surface area contributed by atoms with E-state index in [0.717, 1.165) is 55.7 Å². The van der Waals surface area contributed by atoms with Gasteiger partial charge in [0.1, 0.15) is 11.5 Å². The fourth-order valence-corrected chi connectivity index (χ4v) is 3.81. The summed E-state index contributed by atoms with van der Waals surface area (Å²) >= 11 is 0. The Hall–Kier alpha value is -1.86. The van der Waals surface area contributed by atoms with Gasteiger partial charge in [0, 0.05) is 50.2 Å². The Morgan fingerprint density at radius 2 is 1.19 bits per heavy atom. The van der Waals surface area contributed by atoms with Crippen LogP contribution in [0, 0.1) is 0 Å². The van der Waals surface area contributed by atoms with E-state index >= 15 is 0 Å². The highest BCUT2D eigenvalue weighted by Crippen LogP contribution is 2.41. The normalized spacial score (nSPS) is 19.8. The van der Waals surface area contributed by atoms with E-state index in [-0.39, 0.29) is 11.5 Å². The van der Waals surface area contributed by atoms with Crippen molar-refractivity contribution in [3.8, 4) is 11.5 Å². The molecular weight excluding hydrogens is 332 g/mol. The van der Waals surface area contributed by atoms with Crippen LogP contribution in [0.2, 0.25) is 0 Å². The highest BCUT2D eigenvalue weighted by atomic mass is 16.5. The molecule has 140 valence electrons. The second-order valence-electron chi connectivity index (χ2n) is 6.98. The third-order valence-electron chi connectivity index (χ3n) is 5.34. The number of phenolic OH excluding ortho intramolecular Hbond substituents is 2. The molecular formula is C20H26N2O4. The average Bonchev–Trinajstić information content (AvgIpc) is 2.70. The lowest BCUT2D eigenvalue weighted by Gasteiger charge is -2.30. The Labute approximate surface area is 153 Å². The van der Waals surface area contributed by atoms with Crippen LogP contribution in [0.5, 0.6) is 11.5 Å². The van der Waals surface area contributed by atoms with Crippen LogP contribution in [0.3, 0.4) is 0 Å². The van der Waals surface area contributed by atoms with Gasteiger partial charge in [0.25, 0.3) is 0 Å². The SMILES string of the molecule is Oc1c(CN2CCOCC2)c(O)c2ccccc2c1CN1CCOCC1. The van der Waals surface area contributed by atoms with Crippen molar-refractivity contribution < 1.29 is 19.7 Å². The summed E-state index contributed by atoms with van der Waals surface area (Å²) in [6.07, 6.45) is 0. The number of hydrogen-bond donors (Lipinski definition) is 2. The van der Waals surface area contributed by atoms with Crippen LogP contribution in [0.15, 0.2) is 24.3 Å². The third kappa shape index (κ3) is 3.50. The van der Waals surface area contributed by atoms with E-state index in [0.29, 0.717) is 31.9 Å². The Kier molecular flexibility index (Phi) is 5.26. The Balaban J connectivity index is 1.73. The van der Waals surface area contributed by atoms with Gasteiger partial charge in [-0.05, 0) is 5.39 Å². The summed E-state index contributed by atoms with van der Waals surface area (Å²) in [4.78, 5) is 4.51. The maximum atomic E-state index is 11.1. The molecule has 0 atom stereocenters. The summed E-state index contributed by atoms with van der Waals surface area (Å²) in [5, 5.41) is 23.6. The van der Waals surface area contributed by atoms with Gasteiger partial charge in [-0.1, -0.05) is 24.3 Å². The summed E-state index contributed by atoms with van der Waals surface area (Å²) in [5.41, 5.74) is 1.51. The molecule has 2 aliphatic rings. The summed E-state index contributed by atoms with van der Waals surface area (Å²) in [5.74, 6) is 0.412. The molecule has 0 unspecified atom stereocenters. The molecule has 0 aliphatic carbocycles. The number of aromatic hydroxyl groups is 2. The summed E-state index contributed by atoms with van der Waals surface area (Å²) in [6.45, 7) is 7.34. The lowest BCUT2D eigenvalue weighted by molar-refractivity contribution is 0.0327. The predicted octanol–water partition coefficient (Wildman–Crippen LogP) is 1.92. The lowest BCUT2D eigenvalue weighted by atomic mass is 9.96. The first-order valence-electron chi connectivity index (χ1n) is 9.28. The molecule has 2 N–H and O–H groups in total. The van der Waals surface area contributed by atoms with Crippen molar-refractivity contribution in [2.24, 2.45) is 0 Å². The average molecular weight is 358 g/mol. The lowest BCUT2D eigenvalue weighted by Crippen LogP contribution is -2.36. The molecule has 0 spiro atoms. The quantitative estimate of drug-likeness (QED) is 0.871. The van der Waals surface area contributed by atoms with Gasteiger partial charge in [-0.2, -0.15) is 0 Å². The van der Waals surface area contributed by atoms with Gasteiger partial charge in [-0.3, -0.25) is 9.80 Å². The largest absolute Gasteiger partial charge is 0.507 e. The monoisotopic (exact) mass is 358 g/mol. The van der Waals surface area contributed by atoms with E-state index in [2.05, 4.69) is 9.80 Å². The van der Waals surface area contributed by atoms with Crippen LogP contribution in [-0.2, 0) is 22.6 Å². The van der Waals surface area contributed by atoms with Crippen molar-refractivity contribution in [1.29, 1.82) is 0 Å². The summed E-state index contributed by atoms with van der Waals surface area (Å²) in [7, 11) is 0. The first-order valence-corrected chi connectivity index (χ1v) is 9.28. The molecule has 26 heavy (non-hydrogen) atoms. The van der Waals surface area contributed by atoms with Gasteiger partial charge >= 0.3 is 0 Å². The van der Waals surface area contributed by atoms with E-state index in [1.807, 2.05) is 24.3 Å². The Morgan fingerprint density at radius 1 is 0.692 bits per heavy atom. The van der Waals surface area contributed by atoms with Crippen LogP contribution in [-0.4, -0.2) is 72.6 Å². The molecule has 0 radical (unpaired) electrons. The van der Waals surface area contributed by atoms with Crippen molar-refractivity contribution >= 4 is 10.8 Å². The van der Waals surface area contributed by atoms with Crippen LogP contribution < -0.4 is 0 Å². The molecule has 2 aromatic carbocycles. The molecule has 0 amide bonds. The molecule has 2 fully saturated rings. The standard InChI is InChI=1S/C20H26N2O4/c23-19-16-4-2-1-3-15(16)17(13-21-5-9-25-10-6-21)20(24)18(19)14-22-7-11-26-12-8-22/h1-4,23-24H,5-14H2. The second kappa shape index (κ2) is 7.80. The molecule has 6 heteroatoms. The van der Waals surface area contributed by atoms with Crippen LogP contribution in [0.25, 0.3) is 10.8 Å². The molecule has 0 bridgehead atoms. The van der Waals surface area contributed by atoms with Crippen molar-refractivity contribution in [3.63, 3.8) is 0 Å². The van der Waals surface area contributed by atoms with Crippen molar-refractivity contribution in [2.75, 3.05) is 52.6 Å². The molecule has 6 nitrogen and oxygen atoms in total. The zero-order valence-corrected chi connectivity index (χ0v) is 15.0. The fourth-order valence-electron chi connectivity index (χ4n) is 3.81. The Morgan fingerprint density at radius 3 is 1.77 bits per heavy atom. The summed E-state index contributed by atoms with van der Waals surface area (Å²) < 4.78 is 10.8. The van der Waals surface area contributed by atoms with Gasteiger partial charge in [-0.25, -0.2) is 0 Å². The van der Waals surface area contributed by atoms with Crippen molar-refractivity contribution in [2.45, 2.75) is 13.1 Å². The van der Waals surface area contributed by atoms with E-state index in [1.54, 1.807) is 0 Å². The predicted molar refractivity (Wildman–Crippen MR) is 99.5 cm³/mol. The smallest absolute Gasteiger partial charge is 0.131 e. The number of ether oxygens (including phenoxy) is 2. The van der Waals surface area contributed by atoms with Crippen molar-refractivity contribution in [3.05, 3.63) is 35.4 Å². The zero-order chi connectivity index (χ0) is 17.9. The minimum atomic E-state index is 0.190. The van der Waals surface area contributed by atoms with Gasteiger partial charge < -0.3 is 19.7 Å². The highest BCUT2D eigenvalue weighted by molar-refractivity contribution is 5.94. The van der Waals surface area contributed by atoms with Crippen molar-refractivity contribution in [1.82, 2.24) is 9.80 Å². The van der Waals surface area contributed by atoms with Crippen LogP contribution in [0.1, 0.15) is 11.1 Å². The highest BCUT2D eigenvalue weighted by Gasteiger charge is 2.23. The molecule has 2 heterocycles. The van der Waals surface area contributed by atoms with Gasteiger partial charge in [0.05, 0.1) is 32.0 Å². The van der Waals surface area contributed by atoms with E-state index in [1.165, 1.54) is 0 Å². The number of hydrogen-bond acceptors (Lipinski definition) is 6. The molecule has 2 aromatic rings. The molecule has 0 aromatic heterocycles. The molecule has 2 aliphatic heterocycles. The maximum Gasteiger partial charge on any atom is 0.131 e. The van der Waals surface area contributed by atoms with Gasteiger partial charge in [0.15, 0.2) is 0 Å². The molecule has 2 saturated heterocycles. The molecule has 4 rings (SSSR count). The second-order valence-corrected chi connectivity index (χ2v) is 6.98. The van der Waals surface area contributed by atoms with Gasteiger partial charge in [-0.15, -0.1) is 0 Å². The zero-order valence-electron chi connectivity index (χ0n) is 15.0. The number of phenols is 2. The van der Waals surface area contributed by atoms with E-state index < -0.39 is 0 Å². The molecule has 0 saturated carbocycles. The maximum absolute atomic E-state index is 11.1. The first kappa shape index (κ1) is 17.5. The van der Waals surface area contributed by atoms with E-state index in [4.69, 9.17) is 9.47 Å². The number of rotatable bonds is 4. The van der Waals surface area contributed by atoms with Crippen LogP contribution in [0.4, 0.5) is 0 Å². The minimum absolute atomic E-state index is 0.190. The number of fused-ring (bicyclic) bond motifs is 1. The fraction of sp³-hybridized carbons (Fsp3) is 0.500.